The summed E-state index contributed by atoms with van der Waals surface area (Å²) in [4.78, 5) is 47.1. The highest BCUT2D eigenvalue weighted by Crippen LogP contribution is 2.19. The molecule has 1 aliphatic rings. The lowest BCUT2D eigenvalue weighted by Crippen LogP contribution is -2.42. The summed E-state index contributed by atoms with van der Waals surface area (Å²) >= 11 is 0. The Morgan fingerprint density at radius 2 is 1.93 bits per heavy atom. The molecule has 0 aromatic heterocycles. The van der Waals surface area contributed by atoms with E-state index in [4.69, 9.17) is 9.47 Å². The van der Waals surface area contributed by atoms with Gasteiger partial charge in [0.25, 0.3) is 11.8 Å². The van der Waals surface area contributed by atoms with Crippen LogP contribution in [-0.2, 0) is 14.3 Å². The highest BCUT2D eigenvalue weighted by Gasteiger charge is 2.13. The molecule has 0 saturated carbocycles. The van der Waals surface area contributed by atoms with E-state index in [1.807, 2.05) is 0 Å². The van der Waals surface area contributed by atoms with E-state index < -0.39 is 37.0 Å². The fourth-order valence-corrected chi connectivity index (χ4v) is 2.89. The van der Waals surface area contributed by atoms with Crippen molar-refractivity contribution >= 4 is 23.8 Å². The lowest BCUT2D eigenvalue weighted by molar-refractivity contribution is -0.147. The van der Waals surface area contributed by atoms with E-state index in [1.54, 1.807) is 18.2 Å². The predicted octanol–water partition coefficient (Wildman–Crippen LogP) is 1.68. The second-order valence-electron chi connectivity index (χ2n) is 6.74. The van der Waals surface area contributed by atoms with Gasteiger partial charge in [-0.15, -0.1) is 0 Å². The van der Waals surface area contributed by atoms with Crippen LogP contribution in [0.5, 0.6) is 5.75 Å². The quantitative estimate of drug-likeness (QED) is 0.415. The van der Waals surface area contributed by atoms with E-state index in [9.17, 15) is 19.2 Å². The van der Waals surface area contributed by atoms with Gasteiger partial charge in [-0.25, -0.2) is 4.79 Å². The summed E-state index contributed by atoms with van der Waals surface area (Å²) in [5.74, 6) is -1.53. The lowest BCUT2D eigenvalue weighted by atomic mass is 9.97. The molecule has 9 heteroatoms. The molecular weight excluding hydrogens is 390 g/mol. The summed E-state index contributed by atoms with van der Waals surface area (Å²) in [6.45, 7) is -0.599. The minimum atomic E-state index is -0.800. The van der Waals surface area contributed by atoms with Crippen LogP contribution in [0.2, 0.25) is 0 Å². The van der Waals surface area contributed by atoms with E-state index in [0.29, 0.717) is 17.9 Å². The average molecular weight is 417 g/mol. The Labute approximate surface area is 175 Å². The van der Waals surface area contributed by atoms with Gasteiger partial charge in [-0.1, -0.05) is 17.7 Å². The first-order valence-electron chi connectivity index (χ1n) is 9.81. The van der Waals surface area contributed by atoms with Gasteiger partial charge < -0.3 is 20.1 Å². The number of carbonyl (C=O) groups is 4. The first-order valence-corrected chi connectivity index (χ1v) is 9.81. The molecule has 4 amide bonds. The van der Waals surface area contributed by atoms with Crippen LogP contribution >= 0.6 is 0 Å². The van der Waals surface area contributed by atoms with Crippen LogP contribution in [0.25, 0.3) is 0 Å². The number of hydrogen-bond acceptors (Lipinski definition) is 6. The number of imide groups is 1. The fraction of sp³-hybridized carbons (Fsp3) is 0.429. The molecule has 3 N–H and O–H groups in total. The molecule has 0 bridgehead atoms. The van der Waals surface area contributed by atoms with Crippen LogP contribution in [0.3, 0.4) is 0 Å². The third-order valence-corrected chi connectivity index (χ3v) is 4.46. The minimum absolute atomic E-state index is 0.320. The molecule has 0 atom stereocenters. The Morgan fingerprint density at radius 1 is 1.10 bits per heavy atom. The number of methoxy groups -OCH3 is 1. The number of allylic oxidation sites excluding steroid dienone is 1. The van der Waals surface area contributed by atoms with Crippen molar-refractivity contribution in [1.29, 1.82) is 0 Å². The molecule has 9 nitrogen and oxygen atoms in total. The lowest BCUT2D eigenvalue weighted by Gasteiger charge is -2.13. The SMILES string of the molecule is COc1cccc(C(=O)NCC(=O)OCC(=O)NC(=O)NCCC2=CCCCC2)c1. The number of ether oxygens (including phenoxy) is 2. The van der Waals surface area contributed by atoms with Crippen LogP contribution in [0.4, 0.5) is 4.79 Å². The maximum absolute atomic E-state index is 12.0. The molecule has 0 fully saturated rings. The molecule has 1 aromatic carbocycles. The van der Waals surface area contributed by atoms with Gasteiger partial charge in [-0.3, -0.25) is 19.7 Å². The van der Waals surface area contributed by atoms with Gasteiger partial charge in [-0.2, -0.15) is 0 Å². The Kier molecular flexibility index (Phi) is 9.36. The zero-order valence-corrected chi connectivity index (χ0v) is 17.0. The number of urea groups is 1. The third-order valence-electron chi connectivity index (χ3n) is 4.46. The summed E-state index contributed by atoms with van der Waals surface area (Å²) in [7, 11) is 1.48. The van der Waals surface area contributed by atoms with Gasteiger partial charge in [0.15, 0.2) is 6.61 Å². The first-order chi connectivity index (χ1) is 14.5. The number of hydrogen-bond donors (Lipinski definition) is 3. The predicted molar refractivity (Wildman–Crippen MR) is 109 cm³/mol. The zero-order chi connectivity index (χ0) is 21.8. The number of nitrogens with one attached hydrogen (secondary N) is 3. The van der Waals surface area contributed by atoms with Gasteiger partial charge in [0.2, 0.25) is 0 Å². The normalized spacial score (nSPS) is 12.9. The molecule has 30 heavy (non-hydrogen) atoms. The average Bonchev–Trinajstić information content (AvgIpc) is 2.76. The van der Waals surface area contributed by atoms with E-state index in [0.717, 1.165) is 19.3 Å². The van der Waals surface area contributed by atoms with Crippen LogP contribution < -0.4 is 20.7 Å². The number of rotatable bonds is 9. The van der Waals surface area contributed by atoms with Crippen LogP contribution in [0.15, 0.2) is 35.9 Å². The zero-order valence-electron chi connectivity index (χ0n) is 17.0. The smallest absolute Gasteiger partial charge is 0.325 e. The van der Waals surface area contributed by atoms with Crippen molar-refractivity contribution < 1.29 is 28.7 Å². The van der Waals surface area contributed by atoms with Gasteiger partial charge in [-0.05, 0) is 50.3 Å². The van der Waals surface area contributed by atoms with E-state index >= 15 is 0 Å². The van der Waals surface area contributed by atoms with Gasteiger partial charge in [0.1, 0.15) is 12.3 Å². The number of benzene rings is 1. The van der Waals surface area contributed by atoms with Crippen molar-refractivity contribution in [1.82, 2.24) is 16.0 Å². The second-order valence-corrected chi connectivity index (χ2v) is 6.74. The van der Waals surface area contributed by atoms with E-state index in [-0.39, 0.29) is 0 Å². The minimum Gasteiger partial charge on any atom is -0.497 e. The Bertz CT molecular complexity index is 806. The first kappa shape index (κ1) is 22.9. The van der Waals surface area contributed by atoms with Crippen molar-refractivity contribution in [3.8, 4) is 5.75 Å². The number of amides is 4. The molecule has 0 saturated heterocycles. The van der Waals surface area contributed by atoms with Crippen LogP contribution in [0.1, 0.15) is 42.5 Å². The van der Waals surface area contributed by atoms with Crippen molar-refractivity contribution in [3.05, 3.63) is 41.5 Å². The Balaban J connectivity index is 1.60. The summed E-state index contributed by atoms with van der Waals surface area (Å²) in [6, 6.07) is 5.79. The van der Waals surface area contributed by atoms with Crippen molar-refractivity contribution in [2.45, 2.75) is 32.1 Å². The second kappa shape index (κ2) is 12.3. The molecule has 0 heterocycles. The number of esters is 1. The van der Waals surface area contributed by atoms with Crippen molar-refractivity contribution in [2.75, 3.05) is 26.8 Å². The van der Waals surface area contributed by atoms with Gasteiger partial charge >= 0.3 is 12.0 Å². The maximum atomic E-state index is 12.0. The highest BCUT2D eigenvalue weighted by atomic mass is 16.5. The summed E-state index contributed by atoms with van der Waals surface area (Å²) < 4.78 is 9.79. The highest BCUT2D eigenvalue weighted by molar-refractivity contribution is 5.97. The van der Waals surface area contributed by atoms with Crippen molar-refractivity contribution in [3.63, 3.8) is 0 Å². The van der Waals surface area contributed by atoms with Crippen LogP contribution in [0, 0.1) is 0 Å². The molecule has 1 aliphatic carbocycles. The molecule has 162 valence electrons. The van der Waals surface area contributed by atoms with Gasteiger partial charge in [0, 0.05) is 12.1 Å². The van der Waals surface area contributed by atoms with Crippen LogP contribution in [-0.4, -0.2) is 50.6 Å². The summed E-state index contributed by atoms with van der Waals surface area (Å²) in [5, 5.41) is 7.07. The molecule has 2 rings (SSSR count). The Hall–Kier alpha value is -3.36. The standard InChI is InChI=1S/C21H27N3O6/c1-29-17-9-5-8-16(12-17)20(27)23-13-19(26)30-14-18(25)24-21(28)22-11-10-15-6-3-2-4-7-15/h5-6,8-9,12H,2-4,7,10-11,13-14H2,1H3,(H,23,27)(H2,22,24,25,28). The molecular formula is C21H27N3O6. The fourth-order valence-electron chi connectivity index (χ4n) is 2.89. The molecule has 0 spiro atoms. The van der Waals surface area contributed by atoms with Gasteiger partial charge in [0.05, 0.1) is 7.11 Å². The maximum Gasteiger partial charge on any atom is 0.325 e. The largest absolute Gasteiger partial charge is 0.497 e. The molecule has 0 aliphatic heterocycles. The van der Waals surface area contributed by atoms with E-state index in [1.165, 1.54) is 31.6 Å². The van der Waals surface area contributed by atoms with Crippen molar-refractivity contribution in [2.24, 2.45) is 0 Å². The monoisotopic (exact) mass is 417 g/mol. The Morgan fingerprint density at radius 3 is 2.67 bits per heavy atom. The number of carbonyl (C=O) groups excluding carboxylic acids is 4. The summed E-state index contributed by atoms with van der Waals surface area (Å²) in [6.07, 6.45) is 7.44. The topological polar surface area (TPSA) is 123 Å². The molecule has 0 unspecified atom stereocenters. The summed E-state index contributed by atoms with van der Waals surface area (Å²) in [5.41, 5.74) is 1.64. The van der Waals surface area contributed by atoms with E-state index in [2.05, 4.69) is 22.0 Å². The molecule has 1 aromatic rings. The molecule has 0 radical (unpaired) electrons. The third kappa shape index (κ3) is 8.34.